The third kappa shape index (κ3) is 31.4. The number of aliphatic hydroxyl groups is 2. The van der Waals surface area contributed by atoms with Crippen LogP contribution in [0.4, 0.5) is 0 Å². The molecule has 2 unspecified atom stereocenters. The summed E-state index contributed by atoms with van der Waals surface area (Å²) in [6.45, 7) is 2.71. The van der Waals surface area contributed by atoms with Crippen LogP contribution in [0.25, 0.3) is 0 Å². The van der Waals surface area contributed by atoms with Gasteiger partial charge in [-0.25, -0.2) is 0 Å². The number of carbonyl (C=O) groups is 2. The molecule has 11 heteroatoms. The summed E-state index contributed by atoms with van der Waals surface area (Å²) < 4.78 is 27.8. The van der Waals surface area contributed by atoms with Crippen LogP contribution >= 0.6 is 7.60 Å². The van der Waals surface area contributed by atoms with Crippen molar-refractivity contribution in [2.24, 2.45) is 0 Å². The molecule has 0 rings (SSSR count). The van der Waals surface area contributed by atoms with Crippen molar-refractivity contribution in [3.05, 3.63) is 0 Å². The van der Waals surface area contributed by atoms with Gasteiger partial charge in [-0.05, 0) is 12.8 Å². The molecule has 0 amide bonds. The van der Waals surface area contributed by atoms with Crippen molar-refractivity contribution >= 4 is 19.5 Å². The Hall–Kier alpha value is -1.03. The van der Waals surface area contributed by atoms with Crippen LogP contribution in [0.3, 0.4) is 0 Å². The first kappa shape index (κ1) is 48.0. The predicted octanol–water partition coefficient (Wildman–Crippen LogP) is 9.28. The van der Waals surface area contributed by atoms with E-state index in [9.17, 15) is 34.2 Å². The van der Waals surface area contributed by atoms with Crippen LogP contribution in [0.15, 0.2) is 0 Å². The van der Waals surface area contributed by atoms with Gasteiger partial charge >= 0.3 is 19.5 Å². The van der Waals surface area contributed by atoms with Crippen molar-refractivity contribution in [1.29, 1.82) is 0 Å². The summed E-state index contributed by atoms with van der Waals surface area (Å²) in [5.41, 5.74) is 0. The van der Waals surface area contributed by atoms with Crippen LogP contribution in [0, 0.1) is 0 Å². The molecule has 0 bridgehead atoms. The molecule has 0 saturated carbocycles. The van der Waals surface area contributed by atoms with E-state index in [-0.39, 0.29) is 19.4 Å². The second-order valence-corrected chi connectivity index (χ2v) is 15.5. The van der Waals surface area contributed by atoms with Gasteiger partial charge in [-0.2, -0.15) is 0 Å². The Morgan fingerprint density at radius 1 is 0.551 bits per heavy atom. The van der Waals surface area contributed by atoms with Gasteiger partial charge in [0, 0.05) is 12.8 Å². The Balaban J connectivity index is 4.39. The van der Waals surface area contributed by atoms with Gasteiger partial charge in [0.1, 0.15) is 12.7 Å². The molecule has 0 radical (unpaired) electrons. The SMILES string of the molecule is CCCCCCCCCCCCCCCC(=O)OC[C@H](COC(C(O)CO)P(=O)(O)O)OC(=O)CCCCCCCCCCCCCCC. The summed E-state index contributed by atoms with van der Waals surface area (Å²) in [4.78, 5) is 44.1. The quantitative estimate of drug-likeness (QED) is 0.0276. The first-order valence-electron chi connectivity index (χ1n) is 20.0. The minimum absolute atomic E-state index is 0.169. The van der Waals surface area contributed by atoms with Crippen molar-refractivity contribution in [2.45, 2.75) is 212 Å². The Morgan fingerprint density at radius 2 is 0.898 bits per heavy atom. The third-order valence-electron chi connectivity index (χ3n) is 9.00. The molecule has 49 heavy (non-hydrogen) atoms. The van der Waals surface area contributed by atoms with E-state index in [2.05, 4.69) is 13.8 Å². The van der Waals surface area contributed by atoms with E-state index in [1.54, 1.807) is 0 Å². The van der Waals surface area contributed by atoms with E-state index < -0.39 is 50.8 Å². The molecule has 0 aliphatic heterocycles. The highest BCUT2D eigenvalue weighted by molar-refractivity contribution is 7.52. The summed E-state index contributed by atoms with van der Waals surface area (Å²) >= 11 is 0. The highest BCUT2D eigenvalue weighted by atomic mass is 31.2. The molecular formula is C38H75O10P. The molecule has 0 spiro atoms. The van der Waals surface area contributed by atoms with Crippen LogP contribution in [0.1, 0.15) is 194 Å². The first-order chi connectivity index (χ1) is 23.6. The highest BCUT2D eigenvalue weighted by Gasteiger charge is 2.37. The lowest BCUT2D eigenvalue weighted by Gasteiger charge is -2.25. The summed E-state index contributed by atoms with van der Waals surface area (Å²) in [6.07, 6.45) is 28.4. The van der Waals surface area contributed by atoms with Crippen LogP contribution < -0.4 is 0 Å². The van der Waals surface area contributed by atoms with Gasteiger partial charge in [0.2, 0.25) is 0 Å². The van der Waals surface area contributed by atoms with Crippen molar-refractivity contribution in [2.75, 3.05) is 19.8 Å². The number of ether oxygens (including phenoxy) is 3. The van der Waals surface area contributed by atoms with Gasteiger partial charge in [-0.3, -0.25) is 14.2 Å². The van der Waals surface area contributed by atoms with Gasteiger partial charge < -0.3 is 34.2 Å². The molecule has 0 aliphatic rings. The third-order valence-corrected chi connectivity index (χ3v) is 10.2. The Morgan fingerprint density at radius 3 is 1.24 bits per heavy atom. The zero-order valence-electron chi connectivity index (χ0n) is 31.3. The summed E-state index contributed by atoms with van der Waals surface area (Å²) in [5.74, 6) is -2.96. The summed E-state index contributed by atoms with van der Waals surface area (Å²) in [7, 11) is -4.94. The maximum absolute atomic E-state index is 12.6. The van der Waals surface area contributed by atoms with Gasteiger partial charge in [0.05, 0.1) is 13.2 Å². The number of rotatable bonds is 37. The second-order valence-electron chi connectivity index (χ2n) is 13.8. The number of hydrogen-bond donors (Lipinski definition) is 4. The zero-order valence-corrected chi connectivity index (χ0v) is 32.2. The lowest BCUT2D eigenvalue weighted by Crippen LogP contribution is -2.37. The molecule has 0 aliphatic carbocycles. The minimum atomic E-state index is -4.94. The number of aliphatic hydroxyl groups excluding tert-OH is 2. The zero-order chi connectivity index (χ0) is 36.4. The van der Waals surface area contributed by atoms with Crippen LogP contribution in [0.5, 0.6) is 0 Å². The second kappa shape index (κ2) is 34.1. The molecular weight excluding hydrogens is 647 g/mol. The van der Waals surface area contributed by atoms with Gasteiger partial charge in [0.15, 0.2) is 11.9 Å². The van der Waals surface area contributed by atoms with E-state index >= 15 is 0 Å². The first-order valence-corrected chi connectivity index (χ1v) is 21.6. The monoisotopic (exact) mass is 723 g/mol. The van der Waals surface area contributed by atoms with Crippen molar-refractivity contribution in [1.82, 2.24) is 0 Å². The summed E-state index contributed by atoms with van der Waals surface area (Å²) in [6, 6.07) is 0. The van der Waals surface area contributed by atoms with Crippen molar-refractivity contribution < 1.29 is 48.4 Å². The fourth-order valence-electron chi connectivity index (χ4n) is 5.92. The average Bonchev–Trinajstić information content (AvgIpc) is 3.07. The van der Waals surface area contributed by atoms with Crippen molar-refractivity contribution in [3.63, 3.8) is 0 Å². The Kier molecular flexibility index (Phi) is 33.4. The molecule has 0 heterocycles. The molecule has 0 fully saturated rings. The molecule has 0 saturated heterocycles. The largest absolute Gasteiger partial charge is 0.462 e. The molecule has 0 aromatic heterocycles. The van der Waals surface area contributed by atoms with E-state index in [4.69, 9.17) is 14.2 Å². The van der Waals surface area contributed by atoms with E-state index in [0.717, 1.165) is 38.5 Å². The number of carbonyl (C=O) groups excluding carboxylic acids is 2. The molecule has 10 nitrogen and oxygen atoms in total. The van der Waals surface area contributed by atoms with E-state index in [0.29, 0.717) is 12.8 Å². The predicted molar refractivity (Wildman–Crippen MR) is 196 cm³/mol. The lowest BCUT2D eigenvalue weighted by molar-refractivity contribution is -0.164. The molecule has 292 valence electrons. The number of unbranched alkanes of at least 4 members (excludes halogenated alkanes) is 24. The van der Waals surface area contributed by atoms with Crippen molar-refractivity contribution in [3.8, 4) is 0 Å². The van der Waals surface area contributed by atoms with Gasteiger partial charge in [-0.15, -0.1) is 0 Å². The minimum Gasteiger partial charge on any atom is -0.462 e. The lowest BCUT2D eigenvalue weighted by atomic mass is 10.0. The number of esters is 2. The van der Waals surface area contributed by atoms with E-state index in [1.807, 2.05) is 0 Å². The van der Waals surface area contributed by atoms with Crippen LogP contribution in [0.2, 0.25) is 0 Å². The topological polar surface area (TPSA) is 160 Å². The fraction of sp³-hybridized carbons (Fsp3) is 0.947. The molecule has 0 aromatic rings. The Bertz CT molecular complexity index is 805. The molecule has 0 aromatic carbocycles. The van der Waals surface area contributed by atoms with Gasteiger partial charge in [-0.1, -0.05) is 168 Å². The number of hydrogen-bond acceptors (Lipinski definition) is 8. The highest BCUT2D eigenvalue weighted by Crippen LogP contribution is 2.43. The van der Waals surface area contributed by atoms with Crippen LogP contribution in [-0.4, -0.2) is 69.8 Å². The maximum Gasteiger partial charge on any atom is 0.356 e. The van der Waals surface area contributed by atoms with Gasteiger partial charge in [0.25, 0.3) is 0 Å². The Labute approximate surface area is 299 Å². The molecule has 3 atom stereocenters. The normalized spacial score (nSPS) is 13.7. The fourth-order valence-corrected chi connectivity index (χ4v) is 6.74. The van der Waals surface area contributed by atoms with E-state index in [1.165, 1.54) is 116 Å². The summed E-state index contributed by atoms with van der Waals surface area (Å²) in [5, 5.41) is 19.0. The molecule has 4 N–H and O–H groups in total. The maximum atomic E-state index is 12.6. The smallest absolute Gasteiger partial charge is 0.356 e. The van der Waals surface area contributed by atoms with Crippen LogP contribution in [-0.2, 0) is 28.4 Å². The standard InChI is InChI=1S/C38H75O10P/c1-3-5-7-9-11-13-15-17-19-21-23-25-27-29-36(41)46-32-34(33-47-38(35(40)31-39)49(43,44)45)48-37(42)30-28-26-24-22-20-18-16-14-12-10-8-6-4-2/h34-35,38-40H,3-33H2,1-2H3,(H2,43,44,45)/t34-,35?,38?/m1/s1. The average molecular weight is 723 g/mol.